The van der Waals surface area contributed by atoms with Crippen LogP contribution in [0, 0.1) is 0 Å². The number of rotatable bonds is 6. The Labute approximate surface area is 172 Å². The van der Waals surface area contributed by atoms with Crippen molar-refractivity contribution in [3.63, 3.8) is 0 Å². The molecule has 29 heavy (non-hydrogen) atoms. The molecule has 2 aromatic rings. The second kappa shape index (κ2) is 8.83. The SMILES string of the molecule is COc1cccc(NC(=O)CN(C)C(=O)CN2C(=O)COc3ccc(Cl)cc32)c1. The van der Waals surface area contributed by atoms with E-state index in [1.165, 1.54) is 24.0 Å². The fourth-order valence-corrected chi connectivity index (χ4v) is 2.98. The number of ether oxygens (including phenoxy) is 2. The summed E-state index contributed by atoms with van der Waals surface area (Å²) < 4.78 is 10.5. The summed E-state index contributed by atoms with van der Waals surface area (Å²) in [7, 11) is 3.03. The minimum Gasteiger partial charge on any atom is -0.497 e. The van der Waals surface area contributed by atoms with Gasteiger partial charge in [0.25, 0.3) is 5.91 Å². The van der Waals surface area contributed by atoms with E-state index in [0.29, 0.717) is 27.9 Å². The van der Waals surface area contributed by atoms with Crippen molar-refractivity contribution in [1.82, 2.24) is 4.90 Å². The summed E-state index contributed by atoms with van der Waals surface area (Å²) in [6.45, 7) is -0.558. The molecule has 2 aromatic carbocycles. The fraction of sp³-hybridized carbons (Fsp3) is 0.250. The molecular weight excluding hydrogens is 398 g/mol. The highest BCUT2D eigenvalue weighted by atomic mass is 35.5. The molecule has 3 rings (SSSR count). The minimum atomic E-state index is -0.396. The van der Waals surface area contributed by atoms with Gasteiger partial charge in [-0.2, -0.15) is 0 Å². The Balaban J connectivity index is 1.62. The quantitative estimate of drug-likeness (QED) is 0.778. The van der Waals surface area contributed by atoms with Gasteiger partial charge < -0.3 is 19.7 Å². The Kier molecular flexibility index (Phi) is 6.23. The summed E-state index contributed by atoms with van der Waals surface area (Å²) >= 11 is 6.01. The van der Waals surface area contributed by atoms with Gasteiger partial charge in [0.05, 0.1) is 19.3 Å². The van der Waals surface area contributed by atoms with Crippen molar-refractivity contribution in [2.24, 2.45) is 0 Å². The van der Waals surface area contributed by atoms with Gasteiger partial charge in [-0.3, -0.25) is 19.3 Å². The molecule has 0 aromatic heterocycles. The predicted molar refractivity (Wildman–Crippen MR) is 109 cm³/mol. The highest BCUT2D eigenvalue weighted by molar-refractivity contribution is 6.31. The third kappa shape index (κ3) is 4.97. The molecule has 1 N–H and O–H groups in total. The van der Waals surface area contributed by atoms with E-state index < -0.39 is 5.91 Å². The molecule has 1 heterocycles. The van der Waals surface area contributed by atoms with Gasteiger partial charge in [-0.05, 0) is 30.3 Å². The smallest absolute Gasteiger partial charge is 0.265 e. The molecular formula is C20H20ClN3O5. The summed E-state index contributed by atoms with van der Waals surface area (Å²) in [6, 6.07) is 11.8. The molecule has 0 atom stereocenters. The molecule has 8 nitrogen and oxygen atoms in total. The average molecular weight is 418 g/mol. The highest BCUT2D eigenvalue weighted by Crippen LogP contribution is 2.34. The molecule has 0 unspecified atom stereocenters. The Morgan fingerprint density at radius 2 is 2.07 bits per heavy atom. The van der Waals surface area contributed by atoms with Crippen LogP contribution in [0.5, 0.6) is 11.5 Å². The molecule has 152 valence electrons. The van der Waals surface area contributed by atoms with Crippen molar-refractivity contribution in [2.75, 3.05) is 44.1 Å². The van der Waals surface area contributed by atoms with Crippen LogP contribution in [0.3, 0.4) is 0 Å². The lowest BCUT2D eigenvalue weighted by Gasteiger charge is -2.30. The first kappa shape index (κ1) is 20.5. The van der Waals surface area contributed by atoms with E-state index in [1.54, 1.807) is 42.5 Å². The van der Waals surface area contributed by atoms with Gasteiger partial charge in [0.2, 0.25) is 11.8 Å². The largest absolute Gasteiger partial charge is 0.497 e. The molecule has 0 aliphatic carbocycles. The zero-order chi connectivity index (χ0) is 21.0. The number of benzene rings is 2. The molecule has 0 bridgehead atoms. The topological polar surface area (TPSA) is 88.2 Å². The van der Waals surface area contributed by atoms with Crippen molar-refractivity contribution in [1.29, 1.82) is 0 Å². The Bertz CT molecular complexity index is 949. The van der Waals surface area contributed by atoms with Crippen LogP contribution in [-0.2, 0) is 14.4 Å². The molecule has 3 amide bonds. The third-order valence-corrected chi connectivity index (χ3v) is 4.55. The maximum absolute atomic E-state index is 12.6. The number of hydrogen-bond acceptors (Lipinski definition) is 5. The summed E-state index contributed by atoms with van der Waals surface area (Å²) in [5.74, 6) is -0.0456. The van der Waals surface area contributed by atoms with Crippen molar-refractivity contribution in [3.8, 4) is 11.5 Å². The highest BCUT2D eigenvalue weighted by Gasteiger charge is 2.28. The second-order valence-electron chi connectivity index (χ2n) is 6.41. The Morgan fingerprint density at radius 3 is 2.83 bits per heavy atom. The maximum atomic E-state index is 12.6. The number of carbonyl (C=O) groups is 3. The molecule has 0 spiro atoms. The lowest BCUT2D eigenvalue weighted by Crippen LogP contribution is -2.46. The van der Waals surface area contributed by atoms with Crippen molar-refractivity contribution in [2.45, 2.75) is 0 Å². The number of nitrogens with zero attached hydrogens (tertiary/aromatic N) is 2. The Morgan fingerprint density at radius 1 is 1.28 bits per heavy atom. The Hall–Kier alpha value is -3.26. The van der Waals surface area contributed by atoms with Gasteiger partial charge in [0.15, 0.2) is 6.61 Å². The number of methoxy groups -OCH3 is 1. The molecule has 0 saturated heterocycles. The van der Waals surface area contributed by atoms with Gasteiger partial charge in [-0.1, -0.05) is 17.7 Å². The van der Waals surface area contributed by atoms with Gasteiger partial charge in [0.1, 0.15) is 18.0 Å². The standard InChI is InChI=1S/C20H20ClN3O5/c1-23(10-18(25)22-14-4-3-5-15(9-14)28-2)19(26)11-24-16-8-13(21)6-7-17(16)29-12-20(24)27/h3-9H,10-12H2,1-2H3,(H,22,25). The number of nitrogens with one attached hydrogen (secondary N) is 1. The number of amides is 3. The van der Waals surface area contributed by atoms with Crippen LogP contribution in [-0.4, -0.2) is 56.5 Å². The van der Waals surface area contributed by atoms with Gasteiger partial charge in [0, 0.05) is 23.8 Å². The zero-order valence-corrected chi connectivity index (χ0v) is 16.7. The normalized spacial score (nSPS) is 12.7. The van der Waals surface area contributed by atoms with Crippen LogP contribution in [0.1, 0.15) is 0 Å². The third-order valence-electron chi connectivity index (χ3n) is 4.32. The van der Waals surface area contributed by atoms with Gasteiger partial charge in [-0.25, -0.2) is 0 Å². The van der Waals surface area contributed by atoms with E-state index in [4.69, 9.17) is 21.1 Å². The monoisotopic (exact) mass is 417 g/mol. The van der Waals surface area contributed by atoms with Crippen molar-refractivity contribution in [3.05, 3.63) is 47.5 Å². The number of likely N-dealkylation sites (N-methyl/N-ethyl adjacent to an activating group) is 1. The van der Waals surface area contributed by atoms with Crippen LogP contribution in [0.4, 0.5) is 11.4 Å². The lowest BCUT2D eigenvalue weighted by atomic mass is 10.2. The first-order valence-electron chi connectivity index (χ1n) is 8.78. The number of carbonyl (C=O) groups excluding carboxylic acids is 3. The van der Waals surface area contributed by atoms with Crippen molar-refractivity contribution >= 4 is 40.7 Å². The molecule has 1 aliphatic rings. The van der Waals surface area contributed by atoms with Crippen LogP contribution in [0.25, 0.3) is 0 Å². The summed E-state index contributed by atoms with van der Waals surface area (Å²) in [5.41, 5.74) is 0.985. The second-order valence-corrected chi connectivity index (χ2v) is 6.85. The first-order valence-corrected chi connectivity index (χ1v) is 9.16. The van der Waals surface area contributed by atoms with Gasteiger partial charge >= 0.3 is 0 Å². The van der Waals surface area contributed by atoms with Crippen LogP contribution in [0.15, 0.2) is 42.5 Å². The average Bonchev–Trinajstić information content (AvgIpc) is 2.70. The maximum Gasteiger partial charge on any atom is 0.265 e. The molecule has 0 saturated carbocycles. The lowest BCUT2D eigenvalue weighted by molar-refractivity contribution is -0.133. The summed E-state index contributed by atoms with van der Waals surface area (Å²) in [6.07, 6.45) is 0. The molecule has 0 radical (unpaired) electrons. The van der Waals surface area contributed by atoms with E-state index in [0.717, 1.165) is 0 Å². The summed E-state index contributed by atoms with van der Waals surface area (Å²) in [4.78, 5) is 39.7. The minimum absolute atomic E-state index is 0.165. The predicted octanol–water partition coefficient (Wildman–Crippen LogP) is 2.17. The van der Waals surface area contributed by atoms with Gasteiger partial charge in [-0.15, -0.1) is 0 Å². The number of fused-ring (bicyclic) bond motifs is 1. The van der Waals surface area contributed by atoms with E-state index in [-0.39, 0.29) is 31.5 Å². The number of hydrogen-bond donors (Lipinski definition) is 1. The molecule has 1 aliphatic heterocycles. The zero-order valence-electron chi connectivity index (χ0n) is 16.0. The van der Waals surface area contributed by atoms with Crippen LogP contribution in [0.2, 0.25) is 5.02 Å². The van der Waals surface area contributed by atoms with Crippen LogP contribution < -0.4 is 19.7 Å². The number of halogens is 1. The van der Waals surface area contributed by atoms with E-state index in [9.17, 15) is 14.4 Å². The fourth-order valence-electron chi connectivity index (χ4n) is 2.81. The first-order chi connectivity index (χ1) is 13.9. The summed E-state index contributed by atoms with van der Waals surface area (Å²) in [5, 5.41) is 3.13. The van der Waals surface area contributed by atoms with E-state index >= 15 is 0 Å². The van der Waals surface area contributed by atoms with Crippen LogP contribution >= 0.6 is 11.6 Å². The molecule has 9 heteroatoms. The van der Waals surface area contributed by atoms with Crippen molar-refractivity contribution < 1.29 is 23.9 Å². The van der Waals surface area contributed by atoms with E-state index in [1.807, 2.05) is 0 Å². The van der Waals surface area contributed by atoms with E-state index in [2.05, 4.69) is 5.32 Å². The number of anilines is 2. The molecule has 0 fully saturated rings.